The van der Waals surface area contributed by atoms with E-state index >= 15 is 0 Å². The average Bonchev–Trinajstić information content (AvgIpc) is 3.45. The van der Waals surface area contributed by atoms with Gasteiger partial charge in [0.25, 0.3) is 23.7 Å². The monoisotopic (exact) mass is 445 g/mol. The standard InChI is InChI=1S/C20H25N6O6/c1-22-17-16(19(29)23(2)20(22)30)26(12-15(27)31-3)14(21-17)11-24-6-8-25(9-7-24)18(28)13-5-4-10-32-13/h4-5,10,16H,6-9,11-12H2,1-3H3/q+1. The van der Waals surface area contributed by atoms with E-state index in [4.69, 9.17) is 9.15 Å². The summed E-state index contributed by atoms with van der Waals surface area (Å²) < 4.78 is 11.6. The zero-order valence-corrected chi connectivity index (χ0v) is 18.2. The smallest absolute Gasteiger partial charge is 0.347 e. The van der Waals surface area contributed by atoms with Crippen LogP contribution in [0.2, 0.25) is 0 Å². The third-order valence-electron chi connectivity index (χ3n) is 5.90. The van der Waals surface area contributed by atoms with Gasteiger partial charge in [-0.15, -0.1) is 0 Å². The third kappa shape index (κ3) is 3.77. The van der Waals surface area contributed by atoms with Crippen LogP contribution in [0.25, 0.3) is 0 Å². The Morgan fingerprint density at radius 3 is 2.53 bits per heavy atom. The molecule has 4 rings (SSSR count). The summed E-state index contributed by atoms with van der Waals surface area (Å²) in [6.45, 7) is 2.37. The number of furan rings is 1. The number of rotatable bonds is 5. The van der Waals surface area contributed by atoms with Crippen molar-refractivity contribution in [2.75, 3.05) is 60.5 Å². The lowest BCUT2D eigenvalue weighted by Crippen LogP contribution is -2.62. The van der Waals surface area contributed by atoms with Crippen LogP contribution in [-0.2, 0) is 14.3 Å². The van der Waals surface area contributed by atoms with Crippen molar-refractivity contribution in [2.24, 2.45) is 4.99 Å². The van der Waals surface area contributed by atoms with Crippen LogP contribution in [-0.4, -0.2) is 126 Å². The van der Waals surface area contributed by atoms with E-state index in [-0.39, 0.29) is 12.5 Å². The quantitative estimate of drug-likeness (QED) is 0.418. The minimum Gasteiger partial charge on any atom is -0.466 e. The molecule has 170 valence electrons. The second-order valence-corrected chi connectivity index (χ2v) is 7.78. The Morgan fingerprint density at radius 1 is 1.19 bits per heavy atom. The lowest BCUT2D eigenvalue weighted by atomic mass is 10.1. The van der Waals surface area contributed by atoms with Crippen molar-refractivity contribution in [1.29, 1.82) is 0 Å². The number of urea groups is 1. The van der Waals surface area contributed by atoms with Gasteiger partial charge in [0.2, 0.25) is 0 Å². The molecule has 0 aliphatic carbocycles. The highest BCUT2D eigenvalue weighted by Gasteiger charge is 2.53. The highest BCUT2D eigenvalue weighted by atomic mass is 16.5. The number of likely N-dealkylation sites (N-methyl/N-ethyl adjacent to an activating group) is 2. The van der Waals surface area contributed by atoms with Gasteiger partial charge in [0, 0.05) is 40.3 Å². The van der Waals surface area contributed by atoms with Crippen LogP contribution in [0.4, 0.5) is 4.79 Å². The molecule has 1 aromatic heterocycles. The molecule has 3 aliphatic heterocycles. The predicted octanol–water partition coefficient (Wildman–Crippen LogP) is -1.07. The van der Waals surface area contributed by atoms with Gasteiger partial charge in [0.15, 0.2) is 12.3 Å². The van der Waals surface area contributed by atoms with Crippen LogP contribution in [0.1, 0.15) is 10.6 Å². The first-order valence-electron chi connectivity index (χ1n) is 10.2. The topological polar surface area (TPSA) is 119 Å². The Kier molecular flexibility index (Phi) is 5.78. The van der Waals surface area contributed by atoms with Crippen LogP contribution >= 0.6 is 0 Å². The second-order valence-electron chi connectivity index (χ2n) is 7.78. The molecule has 2 saturated heterocycles. The minimum absolute atomic E-state index is 0.157. The maximum absolute atomic E-state index is 12.8. The Bertz CT molecular complexity index is 1010. The van der Waals surface area contributed by atoms with Crippen molar-refractivity contribution in [2.45, 2.75) is 6.04 Å². The number of carbonyl (C=O) groups is 4. The molecule has 0 aromatic carbocycles. The summed E-state index contributed by atoms with van der Waals surface area (Å²) in [5, 5.41) is 0. The fraction of sp³-hybridized carbons (Fsp3) is 0.500. The normalized spacial score (nSPS) is 21.8. The minimum atomic E-state index is -0.862. The van der Waals surface area contributed by atoms with Crippen molar-refractivity contribution in [1.82, 2.24) is 19.6 Å². The number of hydrogen-bond donors (Lipinski definition) is 0. The van der Waals surface area contributed by atoms with Crippen molar-refractivity contribution in [3.05, 3.63) is 24.2 Å². The predicted molar refractivity (Wildman–Crippen MR) is 110 cm³/mol. The number of aliphatic imine (C=N–C) groups is 1. The fourth-order valence-electron chi connectivity index (χ4n) is 4.03. The molecular formula is C20H25N6O6+. The van der Waals surface area contributed by atoms with Crippen LogP contribution in [0.15, 0.2) is 27.8 Å². The zero-order valence-electron chi connectivity index (χ0n) is 18.2. The molecule has 4 amide bonds. The summed E-state index contributed by atoms with van der Waals surface area (Å²) in [7, 11) is 4.23. The molecule has 12 nitrogen and oxygen atoms in total. The summed E-state index contributed by atoms with van der Waals surface area (Å²) in [5.41, 5.74) is 0. The van der Waals surface area contributed by atoms with Crippen LogP contribution in [0, 0.1) is 0 Å². The van der Waals surface area contributed by atoms with Gasteiger partial charge in [-0.25, -0.2) is 14.2 Å². The molecule has 0 radical (unpaired) electrons. The summed E-state index contributed by atoms with van der Waals surface area (Å²) in [6, 6.07) is 1.97. The Labute approximate surface area is 184 Å². The van der Waals surface area contributed by atoms with E-state index in [0.29, 0.717) is 50.2 Å². The summed E-state index contributed by atoms with van der Waals surface area (Å²) in [6.07, 6.45) is 1.47. The third-order valence-corrected chi connectivity index (χ3v) is 5.90. The van der Waals surface area contributed by atoms with E-state index in [1.54, 1.807) is 28.7 Å². The lowest BCUT2D eigenvalue weighted by Gasteiger charge is -2.33. The van der Waals surface area contributed by atoms with Gasteiger partial charge in [-0.3, -0.25) is 24.3 Å². The Hall–Kier alpha value is -3.54. The summed E-state index contributed by atoms with van der Waals surface area (Å²) >= 11 is 0. The van der Waals surface area contributed by atoms with Crippen LogP contribution in [0.5, 0.6) is 0 Å². The number of amides is 4. The molecule has 4 heterocycles. The molecule has 0 saturated carbocycles. The number of amidine groups is 2. The first kappa shape index (κ1) is 21.7. The second kappa shape index (κ2) is 8.54. The van der Waals surface area contributed by atoms with Gasteiger partial charge >= 0.3 is 17.8 Å². The maximum Gasteiger partial charge on any atom is 0.347 e. The number of piperazine rings is 1. The molecule has 1 unspecified atom stereocenters. The maximum atomic E-state index is 12.8. The first-order chi connectivity index (χ1) is 15.3. The van der Waals surface area contributed by atoms with Crippen LogP contribution in [0.3, 0.4) is 0 Å². The van der Waals surface area contributed by atoms with Gasteiger partial charge in [0.1, 0.15) is 6.54 Å². The van der Waals surface area contributed by atoms with Gasteiger partial charge in [0.05, 0.1) is 13.4 Å². The number of imide groups is 1. The van der Waals surface area contributed by atoms with Gasteiger partial charge < -0.3 is 14.1 Å². The van der Waals surface area contributed by atoms with E-state index in [1.165, 1.54) is 25.3 Å². The zero-order chi connectivity index (χ0) is 23.0. The molecule has 0 bridgehead atoms. The van der Waals surface area contributed by atoms with Gasteiger partial charge in [-0.05, 0) is 17.1 Å². The molecule has 12 heteroatoms. The van der Waals surface area contributed by atoms with Crippen molar-refractivity contribution in [3.8, 4) is 0 Å². The Morgan fingerprint density at radius 2 is 1.91 bits per heavy atom. The molecule has 3 aliphatic rings. The molecule has 1 aromatic rings. The summed E-state index contributed by atoms with van der Waals surface area (Å²) in [4.78, 5) is 60.4. The molecule has 0 spiro atoms. The number of nitrogens with zero attached hydrogens (tertiary/aromatic N) is 6. The van der Waals surface area contributed by atoms with Crippen LogP contribution < -0.4 is 0 Å². The highest BCUT2D eigenvalue weighted by Crippen LogP contribution is 2.20. The molecular weight excluding hydrogens is 420 g/mol. The molecule has 32 heavy (non-hydrogen) atoms. The van der Waals surface area contributed by atoms with Gasteiger partial charge in [-0.1, -0.05) is 0 Å². The number of carbonyl (C=O) groups excluding carboxylic acids is 4. The van der Waals surface area contributed by atoms with Gasteiger partial charge in [-0.2, -0.15) is 0 Å². The summed E-state index contributed by atoms with van der Waals surface area (Å²) in [5.74, 6) is -0.00946. The number of fused-ring (bicyclic) bond motifs is 1. The van der Waals surface area contributed by atoms with Crippen molar-refractivity contribution >= 4 is 35.5 Å². The fourth-order valence-corrected chi connectivity index (χ4v) is 4.03. The Balaban J connectivity index is 1.51. The van der Waals surface area contributed by atoms with E-state index in [9.17, 15) is 19.2 Å². The number of ether oxygens (including phenoxy) is 1. The van der Waals surface area contributed by atoms with E-state index < -0.39 is 23.9 Å². The van der Waals surface area contributed by atoms with E-state index in [2.05, 4.69) is 9.89 Å². The number of hydrogen-bond acceptors (Lipinski definition) is 8. The molecule has 0 N–H and O–H groups in total. The molecule has 1 atom stereocenters. The highest BCUT2D eigenvalue weighted by molar-refractivity contribution is 6.23. The number of methoxy groups -OCH3 is 1. The van der Waals surface area contributed by atoms with Crippen molar-refractivity contribution < 1.29 is 32.9 Å². The van der Waals surface area contributed by atoms with E-state index in [0.717, 1.165) is 4.90 Å². The lowest BCUT2D eigenvalue weighted by molar-refractivity contribution is -0.527. The first-order valence-corrected chi connectivity index (χ1v) is 10.2. The largest absolute Gasteiger partial charge is 0.466 e. The van der Waals surface area contributed by atoms with Crippen molar-refractivity contribution in [3.63, 3.8) is 0 Å². The SMILES string of the molecule is COC(=O)C[N+]1=C(CN2CCN(C(=O)c3ccco3)CC2)N=C2C1C(=O)N(C)C(=O)N2C. The molecule has 2 fully saturated rings. The van der Waals surface area contributed by atoms with E-state index in [1.807, 2.05) is 0 Å². The average molecular weight is 445 g/mol. The number of esters is 1.